The predicted molar refractivity (Wildman–Crippen MR) is 54.4 cm³/mol. The monoisotopic (exact) mass is 266 g/mol. The van der Waals surface area contributed by atoms with Crippen LogP contribution in [-0.2, 0) is 0 Å². The molecule has 1 rings (SSSR count). The molecule has 100 valence electrons. The smallest absolute Gasteiger partial charge is 0.422 e. The topological polar surface area (TPSA) is 90.2 Å². The average Bonchev–Trinajstić information content (AvgIpc) is 2.25. The van der Waals surface area contributed by atoms with Crippen LogP contribution in [0.25, 0.3) is 0 Å². The normalized spacial score (nSPS) is 11.1. The molecule has 0 spiro atoms. The second-order valence-electron chi connectivity index (χ2n) is 3.07. The molecule has 0 bridgehead atoms. The van der Waals surface area contributed by atoms with E-state index in [1.807, 2.05) is 0 Å². The summed E-state index contributed by atoms with van der Waals surface area (Å²) in [6.45, 7) is 0.315. The molecule has 0 amide bonds. The van der Waals surface area contributed by atoms with Crippen molar-refractivity contribution in [1.29, 1.82) is 0 Å². The summed E-state index contributed by atoms with van der Waals surface area (Å²) < 4.78 is 40.2. The zero-order valence-corrected chi connectivity index (χ0v) is 9.19. The van der Waals surface area contributed by atoms with Gasteiger partial charge in [0, 0.05) is 6.54 Å². The third-order valence-corrected chi connectivity index (χ3v) is 1.69. The Hall–Kier alpha value is -2.13. The van der Waals surface area contributed by atoms with Crippen LogP contribution in [0.15, 0.2) is 6.33 Å². The number of aromatic nitrogens is 2. The Kier molecular flexibility index (Phi) is 4.23. The van der Waals surface area contributed by atoms with E-state index in [1.165, 1.54) is 0 Å². The van der Waals surface area contributed by atoms with Crippen LogP contribution < -0.4 is 10.1 Å². The lowest BCUT2D eigenvalue weighted by atomic mass is 10.4. The minimum atomic E-state index is -4.60. The Morgan fingerprint density at radius 2 is 2.17 bits per heavy atom. The molecule has 7 nitrogen and oxygen atoms in total. The third-order valence-electron chi connectivity index (χ3n) is 1.69. The first-order chi connectivity index (χ1) is 8.35. The van der Waals surface area contributed by atoms with Crippen molar-refractivity contribution >= 4 is 11.5 Å². The first kappa shape index (κ1) is 13.9. The summed E-state index contributed by atoms with van der Waals surface area (Å²) in [5.41, 5.74) is -0.719. The quantitative estimate of drug-likeness (QED) is 0.645. The summed E-state index contributed by atoms with van der Waals surface area (Å²) in [5, 5.41) is 13.3. The second-order valence-corrected chi connectivity index (χ2v) is 3.07. The molecule has 1 N–H and O–H groups in total. The number of rotatable bonds is 5. The molecule has 1 aromatic heterocycles. The van der Waals surface area contributed by atoms with E-state index in [1.54, 1.807) is 6.92 Å². The van der Waals surface area contributed by atoms with Crippen molar-refractivity contribution in [2.45, 2.75) is 13.1 Å². The van der Waals surface area contributed by atoms with E-state index in [0.29, 0.717) is 6.54 Å². The summed E-state index contributed by atoms with van der Waals surface area (Å²) in [7, 11) is 0. The molecular weight excluding hydrogens is 257 g/mol. The molecule has 0 fully saturated rings. The van der Waals surface area contributed by atoms with Crippen LogP contribution in [0.3, 0.4) is 0 Å². The van der Waals surface area contributed by atoms with Crippen molar-refractivity contribution in [2.24, 2.45) is 0 Å². The molecule has 1 aromatic rings. The predicted octanol–water partition coefficient (Wildman–Crippen LogP) is 1.76. The van der Waals surface area contributed by atoms with Gasteiger partial charge in [-0.15, -0.1) is 0 Å². The highest BCUT2D eigenvalue weighted by atomic mass is 19.4. The van der Waals surface area contributed by atoms with Gasteiger partial charge in [-0.1, -0.05) is 0 Å². The number of anilines is 1. The fourth-order valence-electron chi connectivity index (χ4n) is 1.08. The van der Waals surface area contributed by atoms with Gasteiger partial charge in [0.25, 0.3) is 5.88 Å². The summed E-state index contributed by atoms with van der Waals surface area (Å²) in [6.07, 6.45) is -3.71. The van der Waals surface area contributed by atoms with Crippen LogP contribution in [0, 0.1) is 10.1 Å². The fraction of sp³-hybridized carbons (Fsp3) is 0.500. The summed E-state index contributed by atoms with van der Waals surface area (Å²) in [4.78, 5) is 16.8. The van der Waals surface area contributed by atoms with Gasteiger partial charge >= 0.3 is 11.9 Å². The second kappa shape index (κ2) is 5.47. The van der Waals surface area contributed by atoms with Gasteiger partial charge in [-0.3, -0.25) is 10.1 Å². The maximum atomic E-state index is 12.0. The zero-order valence-electron chi connectivity index (χ0n) is 9.19. The molecule has 0 aromatic carbocycles. The van der Waals surface area contributed by atoms with Crippen molar-refractivity contribution in [3.05, 3.63) is 16.4 Å². The van der Waals surface area contributed by atoms with E-state index in [0.717, 1.165) is 6.33 Å². The van der Waals surface area contributed by atoms with Gasteiger partial charge in [0.2, 0.25) is 5.82 Å². The lowest BCUT2D eigenvalue weighted by Crippen LogP contribution is -2.20. The molecule has 18 heavy (non-hydrogen) atoms. The van der Waals surface area contributed by atoms with E-state index in [4.69, 9.17) is 0 Å². The Morgan fingerprint density at radius 1 is 1.50 bits per heavy atom. The molecule has 0 saturated carbocycles. The van der Waals surface area contributed by atoms with Crippen LogP contribution in [-0.4, -0.2) is 34.2 Å². The van der Waals surface area contributed by atoms with E-state index in [-0.39, 0.29) is 5.82 Å². The van der Waals surface area contributed by atoms with Gasteiger partial charge < -0.3 is 10.1 Å². The van der Waals surface area contributed by atoms with Crippen LogP contribution in [0.2, 0.25) is 0 Å². The van der Waals surface area contributed by atoms with E-state index in [9.17, 15) is 23.3 Å². The minimum absolute atomic E-state index is 0.185. The Balaban J connectivity index is 3.03. The maximum Gasteiger partial charge on any atom is 0.422 e. The fourth-order valence-corrected chi connectivity index (χ4v) is 1.08. The standard InChI is InChI=1S/C8H9F3N4O3/c1-2-12-6-5(15(16)17)7(14-4-13-6)18-3-8(9,10)11/h4H,2-3H2,1H3,(H,12,13,14). The van der Waals surface area contributed by atoms with Gasteiger partial charge in [-0.05, 0) is 6.92 Å². The molecule has 0 unspecified atom stereocenters. The molecule has 0 atom stereocenters. The summed E-state index contributed by atoms with van der Waals surface area (Å²) in [6, 6.07) is 0. The first-order valence-electron chi connectivity index (χ1n) is 4.78. The SMILES string of the molecule is CCNc1ncnc(OCC(F)(F)F)c1[N+](=O)[O-]. The van der Waals surface area contributed by atoms with Crippen molar-refractivity contribution in [3.63, 3.8) is 0 Å². The molecule has 0 aliphatic heterocycles. The molecule has 0 aliphatic rings. The van der Waals surface area contributed by atoms with Gasteiger partial charge in [-0.2, -0.15) is 18.2 Å². The number of nitrogens with one attached hydrogen (secondary N) is 1. The number of nitrogens with zero attached hydrogens (tertiary/aromatic N) is 3. The molecule has 10 heteroatoms. The van der Waals surface area contributed by atoms with Crippen LogP contribution >= 0.6 is 0 Å². The largest absolute Gasteiger partial charge is 0.463 e. The van der Waals surface area contributed by atoms with Crippen LogP contribution in [0.4, 0.5) is 24.7 Å². The van der Waals surface area contributed by atoms with Crippen LogP contribution in [0.5, 0.6) is 5.88 Å². The average molecular weight is 266 g/mol. The lowest BCUT2D eigenvalue weighted by Gasteiger charge is -2.09. The highest BCUT2D eigenvalue weighted by Gasteiger charge is 2.32. The van der Waals surface area contributed by atoms with E-state index in [2.05, 4.69) is 20.0 Å². The Labute approximate surface area is 99.1 Å². The summed E-state index contributed by atoms with van der Waals surface area (Å²) in [5.74, 6) is -0.905. The van der Waals surface area contributed by atoms with E-state index < -0.39 is 29.3 Å². The van der Waals surface area contributed by atoms with Crippen molar-refractivity contribution in [2.75, 3.05) is 18.5 Å². The van der Waals surface area contributed by atoms with Crippen molar-refractivity contribution in [3.8, 4) is 5.88 Å². The molecule has 0 radical (unpaired) electrons. The first-order valence-corrected chi connectivity index (χ1v) is 4.78. The van der Waals surface area contributed by atoms with Crippen molar-refractivity contribution < 1.29 is 22.8 Å². The zero-order chi connectivity index (χ0) is 13.8. The number of alkyl halides is 3. The molecule has 1 heterocycles. The summed E-state index contributed by atoms with van der Waals surface area (Å²) >= 11 is 0. The molecule has 0 saturated heterocycles. The van der Waals surface area contributed by atoms with E-state index >= 15 is 0 Å². The Morgan fingerprint density at radius 3 is 2.67 bits per heavy atom. The van der Waals surface area contributed by atoms with Gasteiger partial charge in [0.15, 0.2) is 6.61 Å². The Bertz CT molecular complexity index is 438. The molecule has 0 aliphatic carbocycles. The number of hydrogen-bond donors (Lipinski definition) is 1. The van der Waals surface area contributed by atoms with Gasteiger partial charge in [-0.25, -0.2) is 4.98 Å². The third kappa shape index (κ3) is 3.71. The number of ether oxygens (including phenoxy) is 1. The number of halogens is 3. The molecular formula is C8H9F3N4O3. The van der Waals surface area contributed by atoms with Gasteiger partial charge in [0.05, 0.1) is 4.92 Å². The van der Waals surface area contributed by atoms with Crippen molar-refractivity contribution in [1.82, 2.24) is 9.97 Å². The number of nitro groups is 1. The highest BCUT2D eigenvalue weighted by molar-refractivity contribution is 5.60. The van der Waals surface area contributed by atoms with Gasteiger partial charge in [0.1, 0.15) is 6.33 Å². The minimum Gasteiger partial charge on any atom is -0.463 e. The highest BCUT2D eigenvalue weighted by Crippen LogP contribution is 2.31. The lowest BCUT2D eigenvalue weighted by molar-refractivity contribution is -0.385. The number of hydrogen-bond acceptors (Lipinski definition) is 6. The maximum absolute atomic E-state index is 12.0. The van der Waals surface area contributed by atoms with Crippen LogP contribution in [0.1, 0.15) is 6.92 Å².